The number of nitrogens with one attached hydrogen (secondary N) is 2. The Morgan fingerprint density at radius 3 is 2.71 bits per heavy atom. The van der Waals surface area contributed by atoms with E-state index in [0.717, 1.165) is 10.2 Å². The number of hydrazine groups is 1. The van der Waals surface area contributed by atoms with Crippen LogP contribution in [-0.4, -0.2) is 22.6 Å². The summed E-state index contributed by atoms with van der Waals surface area (Å²) in [6.07, 6.45) is 0. The van der Waals surface area contributed by atoms with Crippen LogP contribution in [0.2, 0.25) is 0 Å². The quantitative estimate of drug-likeness (QED) is 0.780. The highest BCUT2D eigenvalue weighted by molar-refractivity contribution is 9.10. The highest BCUT2D eigenvalue weighted by atomic mass is 79.9. The number of nitrogens with zero attached hydrogens (tertiary/aromatic N) is 1. The van der Waals surface area contributed by atoms with Crippen LogP contribution < -0.4 is 10.7 Å². The van der Waals surface area contributed by atoms with E-state index in [4.69, 9.17) is 12.2 Å². The van der Waals surface area contributed by atoms with Crippen molar-refractivity contribution in [3.8, 4) is 0 Å². The Kier molecular flexibility index (Phi) is 3.63. The highest BCUT2D eigenvalue weighted by Gasteiger charge is 2.28. The van der Waals surface area contributed by atoms with Gasteiger partial charge in [-0.2, -0.15) is 0 Å². The van der Waals surface area contributed by atoms with Crippen molar-refractivity contribution in [3.63, 3.8) is 0 Å². The van der Waals surface area contributed by atoms with Gasteiger partial charge in [0.2, 0.25) is 5.91 Å². The summed E-state index contributed by atoms with van der Waals surface area (Å²) in [5.74, 6) is -0.0235. The van der Waals surface area contributed by atoms with Crippen LogP contribution in [0.1, 0.15) is 6.92 Å². The monoisotopic (exact) mass is 313 g/mol. The number of amides is 1. The Labute approximate surface area is 113 Å². The molecule has 1 aromatic rings. The number of benzene rings is 1. The molecule has 1 aliphatic heterocycles. The lowest BCUT2D eigenvalue weighted by molar-refractivity contribution is -0.122. The van der Waals surface area contributed by atoms with Crippen LogP contribution in [0.5, 0.6) is 0 Å². The fraction of sp³-hybridized carbons (Fsp3) is 0.273. The van der Waals surface area contributed by atoms with Gasteiger partial charge in [-0.1, -0.05) is 22.9 Å². The molecule has 1 unspecified atom stereocenters. The molecule has 2 rings (SSSR count). The first-order chi connectivity index (χ1) is 8.06. The number of anilines is 1. The van der Waals surface area contributed by atoms with Crippen LogP contribution >= 0.6 is 28.1 Å². The van der Waals surface area contributed by atoms with E-state index in [0.29, 0.717) is 11.7 Å². The molecule has 1 aromatic carbocycles. The molecular formula is C11H12BrN3OS. The van der Waals surface area contributed by atoms with Crippen LogP contribution in [0.3, 0.4) is 0 Å². The average Bonchev–Trinajstić information content (AvgIpc) is 2.63. The maximum absolute atomic E-state index is 11.3. The van der Waals surface area contributed by atoms with Crippen molar-refractivity contribution in [2.24, 2.45) is 5.92 Å². The molecule has 0 radical (unpaired) electrons. The van der Waals surface area contributed by atoms with Crippen LogP contribution in [0.25, 0.3) is 0 Å². The Morgan fingerprint density at radius 1 is 1.53 bits per heavy atom. The van der Waals surface area contributed by atoms with Crippen molar-refractivity contribution in [2.75, 3.05) is 11.9 Å². The molecule has 6 heteroatoms. The molecule has 90 valence electrons. The minimum atomic E-state index is -0.0281. The first-order valence-corrected chi connectivity index (χ1v) is 6.41. The lowest BCUT2D eigenvalue weighted by Crippen LogP contribution is -2.41. The van der Waals surface area contributed by atoms with Gasteiger partial charge in [-0.3, -0.25) is 15.2 Å². The normalized spacial score (nSPS) is 19.1. The second kappa shape index (κ2) is 5.01. The minimum absolute atomic E-state index is 0.00459. The van der Waals surface area contributed by atoms with Crippen LogP contribution in [0, 0.1) is 5.92 Å². The molecular weight excluding hydrogens is 302 g/mol. The maximum atomic E-state index is 11.3. The Bertz CT molecular complexity index is 449. The standard InChI is InChI=1S/C11H12BrN3OS/c1-7-6-15(14-10(7)16)11(17)13-9-4-2-8(12)3-5-9/h2-5,7H,6H2,1H3,(H,13,17)(H,14,16). The van der Waals surface area contributed by atoms with Gasteiger partial charge in [0, 0.05) is 10.2 Å². The topological polar surface area (TPSA) is 44.4 Å². The molecule has 1 atom stereocenters. The maximum Gasteiger partial charge on any atom is 0.243 e. The Morgan fingerprint density at radius 2 is 2.18 bits per heavy atom. The summed E-state index contributed by atoms with van der Waals surface area (Å²) in [4.78, 5) is 11.3. The van der Waals surface area contributed by atoms with Crippen LogP contribution in [0.4, 0.5) is 5.69 Å². The van der Waals surface area contributed by atoms with E-state index >= 15 is 0 Å². The molecule has 0 saturated carbocycles. The summed E-state index contributed by atoms with van der Waals surface area (Å²) in [7, 11) is 0. The van der Waals surface area contributed by atoms with Gasteiger partial charge in [0.25, 0.3) is 0 Å². The third kappa shape index (κ3) is 2.95. The highest BCUT2D eigenvalue weighted by Crippen LogP contribution is 2.15. The zero-order valence-electron chi connectivity index (χ0n) is 9.24. The SMILES string of the molecule is CC1CN(C(=S)Nc2ccc(Br)cc2)NC1=O. The van der Waals surface area contributed by atoms with Gasteiger partial charge >= 0.3 is 0 Å². The van der Waals surface area contributed by atoms with Crippen molar-refractivity contribution in [1.29, 1.82) is 0 Å². The fourth-order valence-electron chi connectivity index (χ4n) is 1.50. The molecule has 0 aliphatic carbocycles. The average molecular weight is 314 g/mol. The number of halogens is 1. The number of hydrogen-bond acceptors (Lipinski definition) is 2. The van der Waals surface area contributed by atoms with E-state index in [1.54, 1.807) is 5.01 Å². The van der Waals surface area contributed by atoms with Gasteiger partial charge in [-0.05, 0) is 36.5 Å². The molecule has 17 heavy (non-hydrogen) atoms. The lowest BCUT2D eigenvalue weighted by atomic mass is 10.2. The van der Waals surface area contributed by atoms with Gasteiger partial charge in [0.15, 0.2) is 5.11 Å². The third-order valence-electron chi connectivity index (χ3n) is 2.49. The number of thiocarbonyl (C=S) groups is 1. The largest absolute Gasteiger partial charge is 0.331 e. The van der Waals surface area contributed by atoms with E-state index in [1.165, 1.54) is 0 Å². The molecule has 2 N–H and O–H groups in total. The van der Waals surface area contributed by atoms with E-state index in [9.17, 15) is 4.79 Å². The second-order valence-corrected chi connectivity index (χ2v) is 5.23. The first-order valence-electron chi connectivity index (χ1n) is 5.21. The third-order valence-corrected chi connectivity index (χ3v) is 3.34. The van der Waals surface area contributed by atoms with Gasteiger partial charge in [-0.25, -0.2) is 0 Å². The predicted molar refractivity (Wildman–Crippen MR) is 74.4 cm³/mol. The minimum Gasteiger partial charge on any atom is -0.331 e. The Hall–Kier alpha value is -1.14. The molecule has 0 aromatic heterocycles. The van der Waals surface area contributed by atoms with E-state index in [2.05, 4.69) is 26.7 Å². The van der Waals surface area contributed by atoms with Gasteiger partial charge in [-0.15, -0.1) is 0 Å². The predicted octanol–water partition coefficient (Wildman–Crippen LogP) is 2.13. The summed E-state index contributed by atoms with van der Waals surface area (Å²) < 4.78 is 1.01. The van der Waals surface area contributed by atoms with Gasteiger partial charge in [0.1, 0.15) is 0 Å². The molecule has 1 aliphatic rings. The van der Waals surface area contributed by atoms with E-state index in [-0.39, 0.29) is 11.8 Å². The summed E-state index contributed by atoms with van der Waals surface area (Å²) >= 11 is 8.59. The summed E-state index contributed by atoms with van der Waals surface area (Å²) in [5.41, 5.74) is 3.61. The molecule has 0 spiro atoms. The van der Waals surface area contributed by atoms with E-state index in [1.807, 2.05) is 31.2 Å². The van der Waals surface area contributed by atoms with Crippen molar-refractivity contribution < 1.29 is 4.79 Å². The first kappa shape index (κ1) is 12.3. The summed E-state index contributed by atoms with van der Waals surface area (Å²) in [5, 5.41) is 5.24. The molecule has 0 bridgehead atoms. The van der Waals surface area contributed by atoms with Gasteiger partial charge in [0.05, 0.1) is 12.5 Å². The number of hydrogen-bond donors (Lipinski definition) is 2. The van der Waals surface area contributed by atoms with Crippen molar-refractivity contribution >= 4 is 44.9 Å². The molecule has 1 heterocycles. The number of rotatable bonds is 1. The summed E-state index contributed by atoms with van der Waals surface area (Å²) in [6.45, 7) is 2.47. The van der Waals surface area contributed by atoms with Gasteiger partial charge < -0.3 is 5.32 Å². The smallest absolute Gasteiger partial charge is 0.243 e. The zero-order chi connectivity index (χ0) is 12.4. The molecule has 1 amide bonds. The molecule has 4 nitrogen and oxygen atoms in total. The summed E-state index contributed by atoms with van der Waals surface area (Å²) in [6, 6.07) is 7.68. The molecule has 1 saturated heterocycles. The fourth-order valence-corrected chi connectivity index (χ4v) is 2.01. The van der Waals surface area contributed by atoms with Crippen LogP contribution in [0.15, 0.2) is 28.7 Å². The second-order valence-electron chi connectivity index (χ2n) is 3.92. The van der Waals surface area contributed by atoms with Crippen molar-refractivity contribution in [3.05, 3.63) is 28.7 Å². The lowest BCUT2D eigenvalue weighted by Gasteiger charge is -2.19. The Balaban J connectivity index is 1.98. The number of carbonyl (C=O) groups excluding carboxylic acids is 1. The van der Waals surface area contributed by atoms with E-state index < -0.39 is 0 Å². The van der Waals surface area contributed by atoms with Crippen molar-refractivity contribution in [1.82, 2.24) is 10.4 Å². The molecule has 1 fully saturated rings. The number of carbonyl (C=O) groups is 1. The zero-order valence-corrected chi connectivity index (χ0v) is 11.6. The van der Waals surface area contributed by atoms with Crippen molar-refractivity contribution in [2.45, 2.75) is 6.92 Å². The van der Waals surface area contributed by atoms with Crippen LogP contribution in [-0.2, 0) is 4.79 Å².